The molecule has 1 aromatic heterocycles. The van der Waals surface area contributed by atoms with Crippen LogP contribution < -0.4 is 4.31 Å². The molecule has 8 heteroatoms. The fourth-order valence-electron chi connectivity index (χ4n) is 2.51. The van der Waals surface area contributed by atoms with Crippen molar-refractivity contribution in [2.45, 2.75) is 10.4 Å². The number of sulfone groups is 1. The molecule has 0 saturated carbocycles. The summed E-state index contributed by atoms with van der Waals surface area (Å²) in [6, 6.07) is 9.43. The molecule has 0 saturated heterocycles. The normalized spacial score (nSPS) is 18.4. The molecule has 0 aliphatic carbocycles. The zero-order valence-corrected chi connectivity index (χ0v) is 14.0. The van der Waals surface area contributed by atoms with Crippen molar-refractivity contribution < 1.29 is 13.2 Å². The topological polar surface area (TPSA) is 72.3 Å². The van der Waals surface area contributed by atoms with Crippen LogP contribution in [0.3, 0.4) is 0 Å². The summed E-state index contributed by atoms with van der Waals surface area (Å²) in [5.74, 6) is 0.263. The number of Topliss-reactive ketones (excluding diaryl/α,β-unsaturated/α-hetero) is 1. The van der Waals surface area contributed by atoms with E-state index in [2.05, 4.69) is 4.98 Å². The monoisotopic (exact) mass is 337 g/mol. The lowest BCUT2D eigenvalue weighted by Gasteiger charge is -2.28. The summed E-state index contributed by atoms with van der Waals surface area (Å²) in [7, 11) is -0.149. The van der Waals surface area contributed by atoms with Gasteiger partial charge < -0.3 is 8.87 Å². The largest absolute Gasteiger partial charge is 0.314 e. The lowest BCUT2D eigenvalue weighted by molar-refractivity contribution is 0.0980. The van der Waals surface area contributed by atoms with Crippen LogP contribution in [0.4, 0.5) is 5.82 Å². The van der Waals surface area contributed by atoms with E-state index in [1.54, 1.807) is 18.4 Å². The van der Waals surface area contributed by atoms with Gasteiger partial charge in [-0.25, -0.2) is 8.42 Å². The van der Waals surface area contributed by atoms with Gasteiger partial charge >= 0.3 is 0 Å². The maximum atomic E-state index is 12.8. The minimum absolute atomic E-state index is 0.0907. The number of aromatic nitrogens is 2. The lowest BCUT2D eigenvalue weighted by atomic mass is 10.1. The molecular formula is C14H15N3O3S2. The van der Waals surface area contributed by atoms with Gasteiger partial charge in [0.1, 0.15) is 10.9 Å². The van der Waals surface area contributed by atoms with Crippen molar-refractivity contribution in [3.63, 3.8) is 0 Å². The first kappa shape index (κ1) is 15.1. The van der Waals surface area contributed by atoms with Gasteiger partial charge in [0.25, 0.3) is 0 Å². The number of carbonyl (C=O) groups is 1. The molecule has 2 heterocycles. The number of anilines is 1. The van der Waals surface area contributed by atoms with E-state index < -0.39 is 15.1 Å². The van der Waals surface area contributed by atoms with Crippen LogP contribution in [0.1, 0.15) is 21.3 Å². The fourth-order valence-corrected chi connectivity index (χ4v) is 4.38. The van der Waals surface area contributed by atoms with E-state index >= 15 is 0 Å². The quantitative estimate of drug-likeness (QED) is 0.779. The first-order valence-corrected chi connectivity index (χ1v) is 9.30. The number of ketones is 1. The maximum absolute atomic E-state index is 12.8. The van der Waals surface area contributed by atoms with E-state index in [4.69, 9.17) is 0 Å². The lowest BCUT2D eigenvalue weighted by Crippen LogP contribution is -2.26. The van der Waals surface area contributed by atoms with E-state index in [0.717, 1.165) is 11.8 Å². The molecule has 0 amide bonds. The SMILES string of the molecule is CN1SC(c2ccccc2)C(=O)c2c1nc(S(C)(=O)=O)n2C. The van der Waals surface area contributed by atoms with Gasteiger partial charge in [0.05, 0.1) is 0 Å². The molecule has 1 aliphatic heterocycles. The van der Waals surface area contributed by atoms with Crippen molar-refractivity contribution in [3.8, 4) is 0 Å². The number of carbonyl (C=O) groups excluding carboxylic acids is 1. The second-order valence-electron chi connectivity index (χ2n) is 5.16. The Morgan fingerprint density at radius 2 is 1.82 bits per heavy atom. The van der Waals surface area contributed by atoms with E-state index in [-0.39, 0.29) is 10.9 Å². The predicted octanol–water partition coefficient (Wildman–Crippen LogP) is 1.85. The van der Waals surface area contributed by atoms with Crippen LogP contribution in [0.15, 0.2) is 35.5 Å². The van der Waals surface area contributed by atoms with Crippen LogP contribution in [0.25, 0.3) is 0 Å². The summed E-state index contributed by atoms with van der Waals surface area (Å²) in [5.41, 5.74) is 1.22. The predicted molar refractivity (Wildman–Crippen MR) is 85.8 cm³/mol. The third-order valence-corrected chi connectivity index (χ3v) is 5.72. The minimum atomic E-state index is -3.49. The van der Waals surface area contributed by atoms with Crippen LogP contribution in [-0.4, -0.2) is 37.1 Å². The molecule has 1 unspecified atom stereocenters. The Morgan fingerprint density at radius 1 is 1.18 bits per heavy atom. The average molecular weight is 337 g/mol. The molecule has 6 nitrogen and oxygen atoms in total. The van der Waals surface area contributed by atoms with Crippen LogP contribution in [0.5, 0.6) is 0 Å². The Morgan fingerprint density at radius 3 is 2.41 bits per heavy atom. The third kappa shape index (κ3) is 2.32. The number of hydrogen-bond acceptors (Lipinski definition) is 6. The van der Waals surface area contributed by atoms with Crippen molar-refractivity contribution in [2.24, 2.45) is 7.05 Å². The zero-order chi connectivity index (χ0) is 16.1. The molecule has 0 bridgehead atoms. The molecule has 0 spiro atoms. The fraction of sp³-hybridized carbons (Fsp3) is 0.286. The molecule has 1 aromatic carbocycles. The van der Waals surface area contributed by atoms with Crippen molar-refractivity contribution in [1.82, 2.24) is 9.55 Å². The summed E-state index contributed by atoms with van der Waals surface area (Å²) in [4.78, 5) is 17.0. The zero-order valence-electron chi connectivity index (χ0n) is 12.3. The summed E-state index contributed by atoms with van der Waals surface area (Å²) < 4.78 is 26.8. The summed E-state index contributed by atoms with van der Waals surface area (Å²) in [6.07, 6.45) is 1.09. The highest BCUT2D eigenvalue weighted by molar-refractivity contribution is 8.01. The summed E-state index contributed by atoms with van der Waals surface area (Å²) in [5, 5.41) is -0.492. The van der Waals surface area contributed by atoms with Gasteiger partial charge in [0.15, 0.2) is 5.82 Å². The maximum Gasteiger partial charge on any atom is 0.229 e. The molecule has 0 radical (unpaired) electrons. The molecule has 3 rings (SSSR count). The van der Waals surface area contributed by atoms with Gasteiger partial charge in [-0.3, -0.25) is 4.79 Å². The van der Waals surface area contributed by atoms with Gasteiger partial charge in [-0.05, 0) is 17.5 Å². The summed E-state index contributed by atoms with van der Waals surface area (Å²) >= 11 is 1.34. The van der Waals surface area contributed by atoms with Crippen LogP contribution in [-0.2, 0) is 16.9 Å². The number of fused-ring (bicyclic) bond motifs is 1. The summed E-state index contributed by atoms with van der Waals surface area (Å²) in [6.45, 7) is 0. The minimum Gasteiger partial charge on any atom is -0.314 e. The van der Waals surface area contributed by atoms with Gasteiger partial charge in [-0.2, -0.15) is 4.98 Å². The van der Waals surface area contributed by atoms with Crippen molar-refractivity contribution in [3.05, 3.63) is 41.6 Å². The highest BCUT2D eigenvalue weighted by atomic mass is 32.2. The molecule has 1 aliphatic rings. The number of benzene rings is 1. The Kier molecular flexibility index (Phi) is 3.53. The molecule has 116 valence electrons. The van der Waals surface area contributed by atoms with Crippen molar-refractivity contribution >= 4 is 33.4 Å². The van der Waals surface area contributed by atoms with E-state index in [9.17, 15) is 13.2 Å². The van der Waals surface area contributed by atoms with Gasteiger partial charge in [0.2, 0.25) is 20.8 Å². The molecular weight excluding hydrogens is 322 g/mol. The number of rotatable bonds is 2. The Balaban J connectivity index is 2.15. The average Bonchev–Trinajstić information content (AvgIpc) is 2.82. The van der Waals surface area contributed by atoms with Gasteiger partial charge in [0, 0.05) is 20.4 Å². The van der Waals surface area contributed by atoms with E-state index in [1.807, 2.05) is 30.3 Å². The molecule has 0 fully saturated rings. The second-order valence-corrected chi connectivity index (χ2v) is 8.30. The Hall–Kier alpha value is -1.80. The van der Waals surface area contributed by atoms with E-state index in [0.29, 0.717) is 11.5 Å². The standard InChI is InChI=1S/C14H15N3O3S2/c1-16-10-11(18)12(9-7-5-4-6-8-9)21-17(2)13(10)15-14(16)22(3,19)20/h4-8,12H,1-3H3. The first-order valence-electron chi connectivity index (χ1n) is 6.57. The molecule has 0 N–H and O–H groups in total. The van der Waals surface area contributed by atoms with Crippen LogP contribution in [0.2, 0.25) is 0 Å². The molecule has 22 heavy (non-hydrogen) atoms. The molecule has 2 aromatic rings. The van der Waals surface area contributed by atoms with Crippen molar-refractivity contribution in [2.75, 3.05) is 17.6 Å². The van der Waals surface area contributed by atoms with Gasteiger partial charge in [-0.15, -0.1) is 0 Å². The molecule has 1 atom stereocenters. The highest BCUT2D eigenvalue weighted by Gasteiger charge is 2.38. The van der Waals surface area contributed by atoms with Crippen LogP contribution >= 0.6 is 11.9 Å². The number of hydrogen-bond donors (Lipinski definition) is 0. The number of imidazole rings is 1. The second kappa shape index (κ2) is 5.13. The van der Waals surface area contributed by atoms with E-state index in [1.165, 1.54) is 16.5 Å². The Bertz CT molecular complexity index is 844. The number of nitrogens with zero attached hydrogens (tertiary/aromatic N) is 3. The Labute approximate surface area is 133 Å². The third-order valence-electron chi connectivity index (χ3n) is 3.50. The van der Waals surface area contributed by atoms with Gasteiger partial charge in [-0.1, -0.05) is 30.3 Å². The smallest absolute Gasteiger partial charge is 0.229 e. The first-order chi connectivity index (χ1) is 10.3. The van der Waals surface area contributed by atoms with Crippen LogP contribution in [0, 0.1) is 0 Å². The van der Waals surface area contributed by atoms with Crippen molar-refractivity contribution in [1.29, 1.82) is 0 Å². The highest BCUT2D eigenvalue weighted by Crippen LogP contribution is 2.43.